The standard InChI is InChI=1S/C23H21NO3.C16H17NO3/c1-17(25)20-8-5-9-21(14-20)22-12-10-18(15-24-22)11-13-23(26)27-16-19-6-3-2-4-7-19;1-11(18)13-3-2-4-14(9-13)15-7-5-12(10-17-15)6-8-16(19)20/h2-15,17,25H,16H2,1H3;2-5,7,9-11,18H,6,8H2,1H3,(H,19,20)/b13-11+;/t17-;11-/m11/s1. The van der Waals surface area contributed by atoms with Crippen LogP contribution in [0.5, 0.6) is 0 Å². The summed E-state index contributed by atoms with van der Waals surface area (Å²) < 4.78 is 5.21. The number of aromatic nitrogens is 2. The molecule has 0 aliphatic rings. The quantitative estimate of drug-likeness (QED) is 0.102. The normalized spacial score (nSPS) is 12.1. The zero-order valence-electron chi connectivity index (χ0n) is 26.4. The molecular formula is C39H38N2O6. The van der Waals surface area contributed by atoms with E-state index in [1.807, 2.05) is 103 Å². The maximum atomic E-state index is 11.8. The van der Waals surface area contributed by atoms with Crippen LogP contribution in [0.2, 0.25) is 0 Å². The first-order valence-corrected chi connectivity index (χ1v) is 15.3. The summed E-state index contributed by atoms with van der Waals surface area (Å²) in [6.07, 6.45) is 6.04. The maximum Gasteiger partial charge on any atom is 0.331 e. The largest absolute Gasteiger partial charge is 0.481 e. The number of carbonyl (C=O) groups is 2. The molecule has 0 radical (unpaired) electrons. The van der Waals surface area contributed by atoms with Crippen molar-refractivity contribution < 1.29 is 29.6 Å². The Balaban J connectivity index is 0.000000223. The van der Waals surface area contributed by atoms with Gasteiger partial charge in [0.15, 0.2) is 0 Å². The van der Waals surface area contributed by atoms with Gasteiger partial charge in [0.25, 0.3) is 0 Å². The fourth-order valence-electron chi connectivity index (χ4n) is 4.53. The molecule has 2 atom stereocenters. The van der Waals surface area contributed by atoms with Crippen LogP contribution in [0.4, 0.5) is 0 Å². The number of aliphatic carboxylic acids is 1. The predicted octanol–water partition coefficient (Wildman–Crippen LogP) is 7.38. The molecule has 5 rings (SSSR count). The van der Waals surface area contributed by atoms with Gasteiger partial charge < -0.3 is 20.1 Å². The molecule has 8 nitrogen and oxygen atoms in total. The first-order chi connectivity index (χ1) is 22.7. The molecule has 47 heavy (non-hydrogen) atoms. The number of aryl methyl sites for hydroxylation is 1. The van der Waals surface area contributed by atoms with E-state index >= 15 is 0 Å². The minimum Gasteiger partial charge on any atom is -0.481 e. The monoisotopic (exact) mass is 630 g/mol. The number of benzene rings is 3. The Kier molecular flexibility index (Phi) is 12.7. The summed E-state index contributed by atoms with van der Waals surface area (Å²) in [5, 5.41) is 27.9. The van der Waals surface area contributed by atoms with Crippen molar-refractivity contribution in [3.05, 3.63) is 149 Å². The summed E-state index contributed by atoms with van der Waals surface area (Å²) >= 11 is 0. The van der Waals surface area contributed by atoms with E-state index in [4.69, 9.17) is 9.84 Å². The molecule has 0 saturated heterocycles. The Bertz CT molecular complexity index is 1770. The van der Waals surface area contributed by atoms with Gasteiger partial charge in [0.05, 0.1) is 23.6 Å². The van der Waals surface area contributed by atoms with E-state index in [-0.39, 0.29) is 13.0 Å². The molecule has 2 aromatic heterocycles. The Labute approximate surface area is 274 Å². The van der Waals surface area contributed by atoms with Gasteiger partial charge in [-0.2, -0.15) is 0 Å². The lowest BCUT2D eigenvalue weighted by Gasteiger charge is -2.07. The molecule has 0 saturated carbocycles. The van der Waals surface area contributed by atoms with Crippen LogP contribution >= 0.6 is 0 Å². The van der Waals surface area contributed by atoms with Crippen LogP contribution < -0.4 is 0 Å². The SMILES string of the molecule is C[C@@H](O)c1cccc(-c2ccc(/C=C/C(=O)OCc3ccccc3)cn2)c1.C[C@@H](O)c1cccc(-c2ccc(CCC(=O)O)cn2)c1. The summed E-state index contributed by atoms with van der Waals surface area (Å²) in [6.45, 7) is 3.71. The second kappa shape index (κ2) is 17.3. The van der Waals surface area contributed by atoms with Crippen molar-refractivity contribution in [3.8, 4) is 22.5 Å². The molecule has 3 N–H and O–H groups in total. The van der Waals surface area contributed by atoms with Crippen LogP contribution in [0.1, 0.15) is 60.3 Å². The highest BCUT2D eigenvalue weighted by Crippen LogP contribution is 2.23. The van der Waals surface area contributed by atoms with Crippen LogP contribution in [-0.2, 0) is 27.4 Å². The van der Waals surface area contributed by atoms with E-state index in [0.29, 0.717) is 6.42 Å². The molecule has 0 unspecified atom stereocenters. The third kappa shape index (κ3) is 11.1. The Morgan fingerprint density at radius 2 is 1.32 bits per heavy atom. The fraction of sp³-hybridized carbons (Fsp3) is 0.179. The summed E-state index contributed by atoms with van der Waals surface area (Å²) in [7, 11) is 0. The van der Waals surface area contributed by atoms with Gasteiger partial charge in [-0.25, -0.2) is 4.79 Å². The first-order valence-electron chi connectivity index (χ1n) is 15.3. The molecular weight excluding hydrogens is 592 g/mol. The molecule has 3 aromatic carbocycles. The molecule has 0 fully saturated rings. The van der Waals surface area contributed by atoms with E-state index in [2.05, 4.69) is 9.97 Å². The number of esters is 1. The molecule has 240 valence electrons. The summed E-state index contributed by atoms with van der Waals surface area (Å²) in [6, 6.07) is 32.3. The fourth-order valence-corrected chi connectivity index (χ4v) is 4.53. The second-order valence-electron chi connectivity index (χ2n) is 11.0. The van der Waals surface area contributed by atoms with Gasteiger partial charge >= 0.3 is 11.9 Å². The zero-order chi connectivity index (χ0) is 33.6. The average Bonchev–Trinajstić information content (AvgIpc) is 3.10. The Hall–Kier alpha value is -5.44. The third-order valence-corrected chi connectivity index (χ3v) is 7.20. The van der Waals surface area contributed by atoms with Crippen LogP contribution in [-0.4, -0.2) is 37.2 Å². The number of nitrogens with zero attached hydrogens (tertiary/aromatic N) is 2. The summed E-state index contributed by atoms with van der Waals surface area (Å²) in [5.74, 6) is -1.20. The van der Waals surface area contributed by atoms with E-state index < -0.39 is 24.1 Å². The number of hydrogen-bond donors (Lipinski definition) is 3. The maximum absolute atomic E-state index is 11.8. The van der Waals surface area contributed by atoms with Gasteiger partial charge in [-0.15, -0.1) is 0 Å². The lowest BCUT2D eigenvalue weighted by atomic mass is 10.0. The molecule has 0 aliphatic carbocycles. The Morgan fingerprint density at radius 1 is 0.723 bits per heavy atom. The lowest BCUT2D eigenvalue weighted by molar-refractivity contribution is -0.139. The van der Waals surface area contributed by atoms with Crippen molar-refractivity contribution in [2.75, 3.05) is 0 Å². The molecule has 0 amide bonds. The smallest absolute Gasteiger partial charge is 0.331 e. The molecule has 8 heteroatoms. The number of ether oxygens (including phenoxy) is 1. The number of hydrogen-bond acceptors (Lipinski definition) is 7. The highest BCUT2D eigenvalue weighted by Gasteiger charge is 2.07. The summed E-state index contributed by atoms with van der Waals surface area (Å²) in [5.41, 5.74) is 7.85. The topological polar surface area (TPSA) is 130 Å². The van der Waals surface area contributed by atoms with Crippen LogP contribution in [0.3, 0.4) is 0 Å². The van der Waals surface area contributed by atoms with Crippen molar-refractivity contribution in [2.45, 2.75) is 45.5 Å². The molecule has 2 heterocycles. The number of rotatable bonds is 11. The van der Waals surface area contributed by atoms with Crippen molar-refractivity contribution in [3.63, 3.8) is 0 Å². The van der Waals surface area contributed by atoms with Crippen molar-refractivity contribution in [1.29, 1.82) is 0 Å². The highest BCUT2D eigenvalue weighted by molar-refractivity contribution is 5.87. The van der Waals surface area contributed by atoms with Crippen LogP contribution in [0.25, 0.3) is 28.6 Å². The third-order valence-electron chi connectivity index (χ3n) is 7.20. The minimum atomic E-state index is -0.807. The summed E-state index contributed by atoms with van der Waals surface area (Å²) in [4.78, 5) is 31.1. The molecule has 0 spiro atoms. The van der Waals surface area contributed by atoms with E-state index in [0.717, 1.165) is 50.3 Å². The van der Waals surface area contributed by atoms with Gasteiger partial charge in [-0.3, -0.25) is 14.8 Å². The average molecular weight is 631 g/mol. The number of carbonyl (C=O) groups excluding carboxylic acids is 1. The zero-order valence-corrected chi connectivity index (χ0v) is 26.4. The van der Waals surface area contributed by atoms with Crippen LogP contribution in [0, 0.1) is 0 Å². The van der Waals surface area contributed by atoms with Gasteiger partial charge in [-0.05, 0) is 78.4 Å². The number of carboxylic acid groups (broad SMARTS) is 1. The Morgan fingerprint density at radius 3 is 1.83 bits per heavy atom. The van der Waals surface area contributed by atoms with Crippen molar-refractivity contribution >= 4 is 18.0 Å². The highest BCUT2D eigenvalue weighted by atomic mass is 16.5. The number of pyridine rings is 2. The number of aliphatic hydroxyl groups excluding tert-OH is 2. The number of aliphatic hydroxyl groups is 2. The second-order valence-corrected chi connectivity index (χ2v) is 11.0. The van der Waals surface area contributed by atoms with Gasteiger partial charge in [-0.1, -0.05) is 78.9 Å². The minimum absolute atomic E-state index is 0.110. The van der Waals surface area contributed by atoms with E-state index in [1.54, 1.807) is 32.3 Å². The first kappa shape index (κ1) is 34.4. The van der Waals surface area contributed by atoms with E-state index in [1.165, 1.54) is 6.08 Å². The van der Waals surface area contributed by atoms with E-state index in [9.17, 15) is 19.8 Å². The number of carboxylic acids is 1. The van der Waals surface area contributed by atoms with Crippen molar-refractivity contribution in [1.82, 2.24) is 9.97 Å². The van der Waals surface area contributed by atoms with Crippen molar-refractivity contribution in [2.24, 2.45) is 0 Å². The molecule has 5 aromatic rings. The molecule has 0 bridgehead atoms. The van der Waals surface area contributed by atoms with Gasteiger partial charge in [0.2, 0.25) is 0 Å². The predicted molar refractivity (Wildman–Crippen MR) is 182 cm³/mol. The lowest BCUT2D eigenvalue weighted by Crippen LogP contribution is -2.00. The van der Waals surface area contributed by atoms with Gasteiger partial charge in [0.1, 0.15) is 6.61 Å². The van der Waals surface area contributed by atoms with Gasteiger partial charge in [0, 0.05) is 36.0 Å². The van der Waals surface area contributed by atoms with Crippen LogP contribution in [0.15, 0.2) is 122 Å². The molecule has 0 aliphatic heterocycles.